The number of halogens is 2. The van der Waals surface area contributed by atoms with Crippen LogP contribution in [0.5, 0.6) is 5.75 Å². The quantitative estimate of drug-likeness (QED) is 0.771. The van der Waals surface area contributed by atoms with Gasteiger partial charge in [0.15, 0.2) is 11.6 Å². The van der Waals surface area contributed by atoms with Crippen LogP contribution < -0.4 is 4.74 Å². The lowest BCUT2D eigenvalue weighted by Gasteiger charge is -2.30. The van der Waals surface area contributed by atoms with Gasteiger partial charge < -0.3 is 14.4 Å². The second kappa shape index (κ2) is 8.47. The van der Waals surface area contributed by atoms with Gasteiger partial charge in [-0.15, -0.1) is 0 Å². The number of likely N-dealkylation sites (tertiary alicyclic amines) is 1. The van der Waals surface area contributed by atoms with Crippen molar-refractivity contribution in [3.8, 4) is 5.75 Å². The molecule has 2 aliphatic rings. The normalized spacial score (nSPS) is 22.4. The Balaban J connectivity index is 1.54. The zero-order valence-corrected chi connectivity index (χ0v) is 16.3. The Morgan fingerprint density at radius 1 is 1.10 bits per heavy atom. The zero-order chi connectivity index (χ0) is 20.4. The van der Waals surface area contributed by atoms with Gasteiger partial charge in [0.2, 0.25) is 5.91 Å². The minimum Gasteiger partial charge on any atom is -0.496 e. The molecule has 0 aromatic heterocycles. The first kappa shape index (κ1) is 19.8. The number of hydrogen-bond acceptors (Lipinski definition) is 4. The number of carbonyl (C=O) groups excluding carboxylic acids is 1. The topological polar surface area (TPSA) is 42.0 Å². The summed E-state index contributed by atoms with van der Waals surface area (Å²) in [5.74, 6) is -1.42. The van der Waals surface area contributed by atoms with Crippen molar-refractivity contribution in [1.82, 2.24) is 9.80 Å². The van der Waals surface area contributed by atoms with E-state index in [4.69, 9.17) is 9.47 Å². The van der Waals surface area contributed by atoms with Crippen LogP contribution in [0.15, 0.2) is 42.5 Å². The van der Waals surface area contributed by atoms with Crippen molar-refractivity contribution in [2.24, 2.45) is 0 Å². The Morgan fingerprint density at radius 3 is 2.66 bits per heavy atom. The fourth-order valence-corrected chi connectivity index (χ4v) is 4.17. The van der Waals surface area contributed by atoms with Crippen molar-refractivity contribution in [3.05, 3.63) is 65.2 Å². The first-order valence-electron chi connectivity index (χ1n) is 9.75. The van der Waals surface area contributed by atoms with Gasteiger partial charge >= 0.3 is 0 Å². The molecule has 2 fully saturated rings. The highest BCUT2D eigenvalue weighted by molar-refractivity contribution is 5.77. The first-order chi connectivity index (χ1) is 14.1. The summed E-state index contributed by atoms with van der Waals surface area (Å²) < 4.78 is 39.3. The summed E-state index contributed by atoms with van der Waals surface area (Å²) in [7, 11) is 1.44. The van der Waals surface area contributed by atoms with Crippen LogP contribution in [0.4, 0.5) is 8.78 Å². The van der Waals surface area contributed by atoms with Crippen LogP contribution in [0, 0.1) is 11.6 Å². The lowest BCUT2D eigenvalue weighted by molar-refractivity contribution is -0.133. The third kappa shape index (κ3) is 4.11. The van der Waals surface area contributed by atoms with Gasteiger partial charge in [-0.3, -0.25) is 9.69 Å². The number of carbonyl (C=O) groups is 1. The molecule has 0 N–H and O–H groups in total. The monoisotopic (exact) mass is 402 g/mol. The van der Waals surface area contributed by atoms with E-state index < -0.39 is 11.6 Å². The van der Waals surface area contributed by atoms with E-state index in [-0.39, 0.29) is 30.2 Å². The predicted octanol–water partition coefficient (Wildman–Crippen LogP) is 2.98. The average Bonchev–Trinajstić information content (AvgIpc) is 3.06. The van der Waals surface area contributed by atoms with Crippen LogP contribution in [0.3, 0.4) is 0 Å². The Hall–Kier alpha value is -2.51. The minimum atomic E-state index is -0.897. The van der Waals surface area contributed by atoms with Crippen LogP contribution in [-0.2, 0) is 22.6 Å². The largest absolute Gasteiger partial charge is 0.496 e. The molecule has 0 spiro atoms. The zero-order valence-electron chi connectivity index (χ0n) is 16.3. The number of methoxy groups -OCH3 is 1. The van der Waals surface area contributed by atoms with Gasteiger partial charge in [0, 0.05) is 31.7 Å². The number of fused-ring (bicyclic) bond motifs is 1. The Morgan fingerprint density at radius 2 is 1.90 bits per heavy atom. The number of hydrogen-bond donors (Lipinski definition) is 0. The summed E-state index contributed by atoms with van der Waals surface area (Å²) in [4.78, 5) is 16.6. The second-order valence-electron chi connectivity index (χ2n) is 7.47. The number of rotatable bonds is 5. The summed E-state index contributed by atoms with van der Waals surface area (Å²) in [6, 6.07) is 12.2. The summed E-state index contributed by atoms with van der Waals surface area (Å²) >= 11 is 0. The summed E-state index contributed by atoms with van der Waals surface area (Å²) in [5.41, 5.74) is 1.24. The molecular formula is C22H24F2N2O3. The molecule has 2 heterocycles. The molecule has 2 aliphatic heterocycles. The standard InChI is InChI=1S/C22H24F2N2O3/c1-28-19-8-7-17(23)22(24)16(19)12-25-13-18-20(14-25)29-10-9-21(27)26(18)11-15-5-3-2-4-6-15/h2-8,18,20H,9-14H2,1H3/t18-,20-/m0/s1. The van der Waals surface area contributed by atoms with Crippen molar-refractivity contribution in [2.75, 3.05) is 26.8 Å². The summed E-state index contributed by atoms with van der Waals surface area (Å²) in [6.07, 6.45) is 0.194. The highest BCUT2D eigenvalue weighted by atomic mass is 19.2. The van der Waals surface area contributed by atoms with Gasteiger partial charge in [0.05, 0.1) is 32.3 Å². The van der Waals surface area contributed by atoms with Crippen molar-refractivity contribution >= 4 is 5.91 Å². The molecule has 5 nitrogen and oxygen atoms in total. The first-order valence-corrected chi connectivity index (χ1v) is 9.75. The molecule has 2 aromatic rings. The number of benzene rings is 2. The molecule has 2 aromatic carbocycles. The molecule has 0 bridgehead atoms. The lowest BCUT2D eigenvalue weighted by atomic mass is 10.1. The van der Waals surface area contributed by atoms with Gasteiger partial charge in [-0.05, 0) is 17.7 Å². The van der Waals surface area contributed by atoms with E-state index in [2.05, 4.69) is 0 Å². The van der Waals surface area contributed by atoms with Gasteiger partial charge in [-0.25, -0.2) is 8.78 Å². The van der Waals surface area contributed by atoms with E-state index >= 15 is 0 Å². The fourth-order valence-electron chi connectivity index (χ4n) is 4.17. The second-order valence-corrected chi connectivity index (χ2v) is 7.47. The van der Waals surface area contributed by atoms with E-state index in [1.54, 1.807) is 0 Å². The molecule has 29 heavy (non-hydrogen) atoms. The smallest absolute Gasteiger partial charge is 0.225 e. The fraction of sp³-hybridized carbons (Fsp3) is 0.409. The molecule has 7 heteroatoms. The molecule has 0 radical (unpaired) electrons. The maximum Gasteiger partial charge on any atom is 0.225 e. The Bertz CT molecular complexity index is 878. The van der Waals surface area contributed by atoms with Crippen LogP contribution in [0.1, 0.15) is 17.5 Å². The van der Waals surface area contributed by atoms with E-state index in [0.717, 1.165) is 11.6 Å². The molecule has 0 saturated carbocycles. The average molecular weight is 402 g/mol. The third-order valence-electron chi connectivity index (χ3n) is 5.63. The molecule has 0 unspecified atom stereocenters. The molecule has 2 saturated heterocycles. The van der Waals surface area contributed by atoms with Gasteiger partial charge in [0.25, 0.3) is 0 Å². The van der Waals surface area contributed by atoms with Crippen molar-refractivity contribution in [2.45, 2.75) is 31.7 Å². The number of amides is 1. The SMILES string of the molecule is COc1ccc(F)c(F)c1CN1C[C@@H]2OCCC(=O)N(Cc3ccccc3)[C@H]2C1. The van der Waals surface area contributed by atoms with Gasteiger partial charge in [-0.1, -0.05) is 30.3 Å². The van der Waals surface area contributed by atoms with Crippen molar-refractivity contribution in [1.29, 1.82) is 0 Å². The Labute approximate surface area is 168 Å². The molecule has 154 valence electrons. The highest BCUT2D eigenvalue weighted by Crippen LogP contribution is 2.30. The van der Waals surface area contributed by atoms with E-state index in [1.807, 2.05) is 40.1 Å². The summed E-state index contributed by atoms with van der Waals surface area (Å²) in [5, 5.41) is 0. The number of nitrogens with zero attached hydrogens (tertiary/aromatic N) is 2. The highest BCUT2D eigenvalue weighted by Gasteiger charge is 2.41. The third-order valence-corrected chi connectivity index (χ3v) is 5.63. The molecule has 4 rings (SSSR count). The molecule has 1 amide bonds. The lowest BCUT2D eigenvalue weighted by Crippen LogP contribution is -2.45. The molecule has 0 aliphatic carbocycles. The van der Waals surface area contributed by atoms with E-state index in [9.17, 15) is 13.6 Å². The van der Waals surface area contributed by atoms with Gasteiger partial charge in [0.1, 0.15) is 5.75 Å². The Kier molecular flexibility index (Phi) is 5.78. The number of ether oxygens (including phenoxy) is 2. The van der Waals surface area contributed by atoms with Crippen molar-refractivity contribution in [3.63, 3.8) is 0 Å². The van der Waals surface area contributed by atoms with Crippen LogP contribution in [-0.4, -0.2) is 54.7 Å². The summed E-state index contributed by atoms with van der Waals surface area (Å²) in [6.45, 7) is 2.15. The maximum absolute atomic E-state index is 14.4. The maximum atomic E-state index is 14.4. The van der Waals surface area contributed by atoms with Crippen LogP contribution >= 0.6 is 0 Å². The predicted molar refractivity (Wildman–Crippen MR) is 103 cm³/mol. The van der Waals surface area contributed by atoms with E-state index in [1.165, 1.54) is 13.2 Å². The van der Waals surface area contributed by atoms with E-state index in [0.29, 0.717) is 38.4 Å². The van der Waals surface area contributed by atoms with Gasteiger partial charge in [-0.2, -0.15) is 0 Å². The molecular weight excluding hydrogens is 378 g/mol. The minimum absolute atomic E-state index is 0.0534. The molecule has 2 atom stereocenters. The van der Waals surface area contributed by atoms with Crippen molar-refractivity contribution < 1.29 is 23.0 Å². The van der Waals surface area contributed by atoms with Crippen LogP contribution in [0.2, 0.25) is 0 Å². The van der Waals surface area contributed by atoms with Crippen LogP contribution in [0.25, 0.3) is 0 Å².